The van der Waals surface area contributed by atoms with E-state index in [0.29, 0.717) is 5.92 Å². The van der Waals surface area contributed by atoms with Crippen molar-refractivity contribution in [3.05, 3.63) is 59.7 Å². The number of rotatable bonds is 3. The predicted octanol–water partition coefficient (Wildman–Crippen LogP) is 5.28. The van der Waals surface area contributed by atoms with E-state index in [1.165, 1.54) is 23.4 Å². The van der Waals surface area contributed by atoms with Gasteiger partial charge in [0, 0.05) is 18.8 Å². The second kappa shape index (κ2) is 6.75. The lowest BCUT2D eigenvalue weighted by atomic mass is 9.89. The van der Waals surface area contributed by atoms with E-state index >= 15 is 0 Å². The molecule has 0 amide bonds. The summed E-state index contributed by atoms with van der Waals surface area (Å²) in [6.07, 6.45) is -2.65. The van der Waals surface area contributed by atoms with Crippen LogP contribution >= 0.6 is 0 Å². The number of piperidine rings is 1. The van der Waals surface area contributed by atoms with E-state index < -0.39 is 6.36 Å². The van der Waals surface area contributed by atoms with Gasteiger partial charge in [0.05, 0.1) is 0 Å². The lowest BCUT2D eigenvalue weighted by molar-refractivity contribution is -0.274. The third-order valence-electron chi connectivity index (χ3n) is 4.48. The fourth-order valence-electron chi connectivity index (χ4n) is 3.17. The van der Waals surface area contributed by atoms with E-state index in [9.17, 15) is 13.2 Å². The van der Waals surface area contributed by atoms with E-state index in [4.69, 9.17) is 0 Å². The van der Waals surface area contributed by atoms with Crippen LogP contribution < -0.4 is 9.64 Å². The Morgan fingerprint density at radius 3 is 2.04 bits per heavy atom. The molecule has 2 nitrogen and oxygen atoms in total. The van der Waals surface area contributed by atoms with E-state index in [-0.39, 0.29) is 5.75 Å². The molecule has 0 aliphatic carbocycles. The molecular formula is C19H20F3NO. The summed E-state index contributed by atoms with van der Waals surface area (Å²) < 4.78 is 40.5. The molecule has 0 N–H and O–H groups in total. The molecular weight excluding hydrogens is 315 g/mol. The van der Waals surface area contributed by atoms with Crippen LogP contribution in [0, 0.1) is 6.92 Å². The molecule has 0 aromatic heterocycles. The summed E-state index contributed by atoms with van der Waals surface area (Å²) in [6, 6.07) is 14.8. The fraction of sp³-hybridized carbons (Fsp3) is 0.368. The first-order valence-corrected chi connectivity index (χ1v) is 8.08. The third kappa shape index (κ3) is 4.22. The summed E-state index contributed by atoms with van der Waals surface area (Å²) in [6.45, 7) is 3.98. The molecule has 1 heterocycles. The highest BCUT2D eigenvalue weighted by molar-refractivity contribution is 5.48. The summed E-state index contributed by atoms with van der Waals surface area (Å²) >= 11 is 0. The van der Waals surface area contributed by atoms with Gasteiger partial charge in [0.2, 0.25) is 0 Å². The zero-order valence-corrected chi connectivity index (χ0v) is 13.5. The number of hydrogen-bond donors (Lipinski definition) is 0. The molecule has 1 aliphatic rings. The number of halogens is 3. The summed E-state index contributed by atoms with van der Waals surface area (Å²) in [5, 5.41) is 0. The number of anilines is 1. The van der Waals surface area contributed by atoms with Crippen LogP contribution in [0.3, 0.4) is 0 Å². The van der Waals surface area contributed by atoms with Crippen molar-refractivity contribution in [2.75, 3.05) is 18.0 Å². The van der Waals surface area contributed by atoms with Crippen molar-refractivity contribution >= 4 is 5.69 Å². The zero-order chi connectivity index (χ0) is 17.2. The zero-order valence-electron chi connectivity index (χ0n) is 13.5. The quantitative estimate of drug-likeness (QED) is 0.757. The maximum Gasteiger partial charge on any atom is 0.573 e. The van der Waals surface area contributed by atoms with Gasteiger partial charge in [-0.15, -0.1) is 13.2 Å². The van der Waals surface area contributed by atoms with E-state index in [2.05, 4.69) is 40.8 Å². The van der Waals surface area contributed by atoms with Crippen LogP contribution in [0.25, 0.3) is 0 Å². The van der Waals surface area contributed by atoms with Crippen LogP contribution in [0.4, 0.5) is 18.9 Å². The van der Waals surface area contributed by atoms with Crippen molar-refractivity contribution < 1.29 is 17.9 Å². The van der Waals surface area contributed by atoms with Crippen molar-refractivity contribution in [3.8, 4) is 5.75 Å². The highest BCUT2D eigenvalue weighted by atomic mass is 19.4. The van der Waals surface area contributed by atoms with Gasteiger partial charge < -0.3 is 9.64 Å². The number of benzene rings is 2. The molecule has 0 spiro atoms. The van der Waals surface area contributed by atoms with Crippen molar-refractivity contribution in [1.82, 2.24) is 0 Å². The lowest BCUT2D eigenvalue weighted by Gasteiger charge is -2.34. The minimum Gasteiger partial charge on any atom is -0.406 e. The van der Waals surface area contributed by atoms with Gasteiger partial charge in [0.15, 0.2) is 0 Å². The Labute approximate surface area is 139 Å². The Bertz CT molecular complexity index is 657. The number of hydrogen-bond acceptors (Lipinski definition) is 2. The molecule has 3 rings (SSSR count). The van der Waals surface area contributed by atoms with Gasteiger partial charge in [-0.1, -0.05) is 29.8 Å². The molecule has 24 heavy (non-hydrogen) atoms. The largest absolute Gasteiger partial charge is 0.573 e. The van der Waals surface area contributed by atoms with Gasteiger partial charge in [-0.25, -0.2) is 0 Å². The summed E-state index contributed by atoms with van der Waals surface area (Å²) in [5.41, 5.74) is 3.55. The molecule has 0 radical (unpaired) electrons. The van der Waals surface area contributed by atoms with Gasteiger partial charge >= 0.3 is 6.36 Å². The highest BCUT2D eigenvalue weighted by Crippen LogP contribution is 2.32. The summed E-state index contributed by atoms with van der Waals surface area (Å²) in [4.78, 5) is 2.36. The Morgan fingerprint density at radius 2 is 1.50 bits per heavy atom. The molecule has 0 atom stereocenters. The topological polar surface area (TPSA) is 12.5 Å². The van der Waals surface area contributed by atoms with Gasteiger partial charge in [0.1, 0.15) is 5.75 Å². The Hall–Kier alpha value is -2.17. The smallest absolute Gasteiger partial charge is 0.406 e. The number of alkyl halides is 3. The second-order valence-electron chi connectivity index (χ2n) is 6.21. The SMILES string of the molecule is Cc1ccc(N2CCC(c3ccc(OC(F)(F)F)cc3)CC2)cc1. The Balaban J connectivity index is 1.59. The Kier molecular flexibility index (Phi) is 4.69. The van der Waals surface area contributed by atoms with Gasteiger partial charge in [0.25, 0.3) is 0 Å². The van der Waals surface area contributed by atoms with Crippen molar-refractivity contribution in [2.24, 2.45) is 0 Å². The van der Waals surface area contributed by atoms with Crippen LogP contribution in [-0.2, 0) is 0 Å². The number of aryl methyl sites for hydroxylation is 1. The number of ether oxygens (including phenoxy) is 1. The molecule has 0 saturated carbocycles. The molecule has 5 heteroatoms. The molecule has 2 aromatic rings. The first-order chi connectivity index (χ1) is 11.4. The molecule has 128 valence electrons. The van der Waals surface area contributed by atoms with E-state index in [0.717, 1.165) is 31.5 Å². The average Bonchev–Trinajstić information content (AvgIpc) is 2.55. The predicted molar refractivity (Wildman–Crippen MR) is 88.5 cm³/mol. The number of nitrogens with zero attached hydrogens (tertiary/aromatic N) is 1. The molecule has 1 fully saturated rings. The first-order valence-electron chi connectivity index (χ1n) is 8.08. The fourth-order valence-corrected chi connectivity index (χ4v) is 3.17. The first kappa shape index (κ1) is 16.7. The third-order valence-corrected chi connectivity index (χ3v) is 4.48. The highest BCUT2D eigenvalue weighted by Gasteiger charge is 2.31. The van der Waals surface area contributed by atoms with Crippen molar-refractivity contribution in [2.45, 2.75) is 32.0 Å². The molecule has 0 unspecified atom stereocenters. The standard InChI is InChI=1S/C19H20F3NO/c1-14-2-6-17(7-3-14)23-12-10-16(11-13-23)15-4-8-18(9-5-15)24-19(20,21)22/h2-9,16H,10-13H2,1H3. The van der Waals surface area contributed by atoms with E-state index in [1.54, 1.807) is 12.1 Å². The minimum atomic E-state index is -4.64. The second-order valence-corrected chi connectivity index (χ2v) is 6.21. The van der Waals surface area contributed by atoms with Crippen molar-refractivity contribution in [3.63, 3.8) is 0 Å². The molecule has 1 saturated heterocycles. The Morgan fingerprint density at radius 1 is 0.917 bits per heavy atom. The monoisotopic (exact) mass is 335 g/mol. The maximum atomic E-state index is 12.2. The molecule has 0 bridgehead atoms. The van der Waals surface area contributed by atoms with Crippen LogP contribution in [0.2, 0.25) is 0 Å². The van der Waals surface area contributed by atoms with Gasteiger partial charge in [-0.3, -0.25) is 0 Å². The average molecular weight is 335 g/mol. The normalized spacial score (nSPS) is 16.2. The van der Waals surface area contributed by atoms with Crippen LogP contribution in [0.15, 0.2) is 48.5 Å². The van der Waals surface area contributed by atoms with Gasteiger partial charge in [-0.05, 0) is 55.5 Å². The van der Waals surface area contributed by atoms with E-state index in [1.807, 2.05) is 0 Å². The van der Waals surface area contributed by atoms with Crippen molar-refractivity contribution in [1.29, 1.82) is 0 Å². The maximum absolute atomic E-state index is 12.2. The minimum absolute atomic E-state index is 0.164. The molecule has 2 aromatic carbocycles. The lowest BCUT2D eigenvalue weighted by Crippen LogP contribution is -2.32. The van der Waals surface area contributed by atoms with Crippen LogP contribution in [0.1, 0.15) is 29.9 Å². The summed E-state index contributed by atoms with van der Waals surface area (Å²) in [7, 11) is 0. The van der Waals surface area contributed by atoms with Crippen LogP contribution in [-0.4, -0.2) is 19.5 Å². The summed E-state index contributed by atoms with van der Waals surface area (Å²) in [5.74, 6) is 0.218. The van der Waals surface area contributed by atoms with Gasteiger partial charge in [-0.2, -0.15) is 0 Å². The molecule has 1 aliphatic heterocycles. The van der Waals surface area contributed by atoms with Crippen LogP contribution in [0.5, 0.6) is 5.75 Å².